The van der Waals surface area contributed by atoms with Crippen molar-refractivity contribution in [2.24, 2.45) is 0 Å². The van der Waals surface area contributed by atoms with E-state index < -0.39 is 5.97 Å². The Balaban J connectivity index is 1.65. The number of nitrogens with one attached hydrogen (secondary N) is 1. The van der Waals surface area contributed by atoms with Gasteiger partial charge in [-0.2, -0.15) is 0 Å². The van der Waals surface area contributed by atoms with Crippen molar-refractivity contribution in [3.8, 4) is 11.4 Å². The van der Waals surface area contributed by atoms with Crippen LogP contribution in [0, 0.1) is 0 Å². The normalized spacial score (nSPS) is 12.6. The van der Waals surface area contributed by atoms with Gasteiger partial charge in [0.05, 0.1) is 6.42 Å². The van der Waals surface area contributed by atoms with Gasteiger partial charge in [0.25, 0.3) is 0 Å². The van der Waals surface area contributed by atoms with Gasteiger partial charge < -0.3 is 10.4 Å². The molecule has 4 rings (SSSR count). The Hall–Kier alpha value is -2.92. The maximum Gasteiger partial charge on any atom is 0.307 e. The van der Waals surface area contributed by atoms with Crippen LogP contribution >= 0.6 is 11.6 Å². The molecule has 0 radical (unpaired) electrons. The van der Waals surface area contributed by atoms with E-state index in [9.17, 15) is 4.79 Å². The number of anilines is 2. The molecule has 0 saturated heterocycles. The monoisotopic (exact) mass is 379 g/mol. The van der Waals surface area contributed by atoms with Crippen LogP contribution < -0.4 is 5.32 Å². The molecule has 0 saturated carbocycles. The van der Waals surface area contributed by atoms with E-state index in [1.165, 1.54) is 0 Å². The molecule has 27 heavy (non-hydrogen) atoms. The van der Waals surface area contributed by atoms with Crippen molar-refractivity contribution in [3.63, 3.8) is 0 Å². The van der Waals surface area contributed by atoms with Crippen molar-refractivity contribution in [3.05, 3.63) is 70.4 Å². The van der Waals surface area contributed by atoms with E-state index in [1.807, 2.05) is 48.5 Å². The molecule has 5 nitrogen and oxygen atoms in total. The summed E-state index contributed by atoms with van der Waals surface area (Å²) in [5.41, 5.74) is 4.80. The first kappa shape index (κ1) is 17.5. The van der Waals surface area contributed by atoms with Crippen molar-refractivity contribution in [2.45, 2.75) is 25.7 Å². The van der Waals surface area contributed by atoms with Crippen LogP contribution in [0.25, 0.3) is 11.4 Å². The van der Waals surface area contributed by atoms with Crippen LogP contribution in [0.15, 0.2) is 48.5 Å². The summed E-state index contributed by atoms with van der Waals surface area (Å²) in [6.07, 6.45) is 2.99. The van der Waals surface area contributed by atoms with E-state index >= 15 is 0 Å². The molecule has 0 amide bonds. The third-order valence-electron chi connectivity index (χ3n) is 4.61. The topological polar surface area (TPSA) is 75.1 Å². The second kappa shape index (κ2) is 7.37. The molecule has 6 heteroatoms. The molecule has 136 valence electrons. The van der Waals surface area contributed by atoms with Crippen molar-refractivity contribution < 1.29 is 9.90 Å². The van der Waals surface area contributed by atoms with Crippen molar-refractivity contribution in [1.29, 1.82) is 0 Å². The predicted octanol–water partition coefficient (Wildman–Crippen LogP) is 4.66. The third-order valence-corrected chi connectivity index (χ3v) is 4.86. The van der Waals surface area contributed by atoms with Crippen LogP contribution in [-0.2, 0) is 24.1 Å². The summed E-state index contributed by atoms with van der Waals surface area (Å²) in [6.45, 7) is 0. The molecule has 0 spiro atoms. The summed E-state index contributed by atoms with van der Waals surface area (Å²) in [4.78, 5) is 20.3. The third kappa shape index (κ3) is 3.93. The number of nitrogens with zero attached hydrogens (tertiary/aromatic N) is 2. The zero-order chi connectivity index (χ0) is 18.8. The molecule has 0 bridgehead atoms. The Labute approximate surface area is 162 Å². The molecule has 1 aromatic heterocycles. The lowest BCUT2D eigenvalue weighted by Gasteiger charge is -2.13. The number of hydrogen-bond donors (Lipinski definition) is 2. The molecule has 3 aromatic rings. The van der Waals surface area contributed by atoms with Crippen molar-refractivity contribution >= 4 is 29.1 Å². The number of aliphatic carboxylic acids is 1. The second-order valence-electron chi connectivity index (χ2n) is 6.57. The van der Waals surface area contributed by atoms with Crippen molar-refractivity contribution in [2.75, 3.05) is 5.32 Å². The quantitative estimate of drug-likeness (QED) is 0.674. The summed E-state index contributed by atoms with van der Waals surface area (Å²) in [5, 5.41) is 13.0. The number of carboxylic acids is 1. The summed E-state index contributed by atoms with van der Waals surface area (Å²) in [6, 6.07) is 14.9. The minimum atomic E-state index is -0.836. The van der Waals surface area contributed by atoms with Crippen LogP contribution in [-0.4, -0.2) is 21.0 Å². The molecule has 2 N–H and O–H groups in total. The Bertz CT molecular complexity index is 986. The largest absolute Gasteiger partial charge is 0.481 e. The van der Waals surface area contributed by atoms with Gasteiger partial charge in [0, 0.05) is 27.5 Å². The number of carbonyl (C=O) groups is 1. The Morgan fingerprint density at radius 1 is 1.04 bits per heavy atom. The number of aromatic nitrogens is 2. The van der Waals surface area contributed by atoms with E-state index in [-0.39, 0.29) is 6.42 Å². The molecular formula is C21H18ClN3O2. The highest BCUT2D eigenvalue weighted by Gasteiger charge is 2.20. The first-order valence-corrected chi connectivity index (χ1v) is 9.20. The Morgan fingerprint density at radius 2 is 1.78 bits per heavy atom. The van der Waals surface area contributed by atoms with Gasteiger partial charge in [-0.1, -0.05) is 23.7 Å². The average molecular weight is 380 g/mol. The highest BCUT2D eigenvalue weighted by atomic mass is 35.5. The lowest BCUT2D eigenvalue weighted by molar-refractivity contribution is -0.136. The molecule has 0 aliphatic heterocycles. The highest BCUT2D eigenvalue weighted by Crippen LogP contribution is 2.31. The molecule has 1 aliphatic rings. The van der Waals surface area contributed by atoms with Gasteiger partial charge in [0.1, 0.15) is 5.82 Å². The molecule has 1 heterocycles. The number of fused-ring (bicyclic) bond motifs is 1. The fraction of sp³-hybridized carbons (Fsp3) is 0.190. The lowest BCUT2D eigenvalue weighted by atomic mass is 10.1. The van der Waals surface area contributed by atoms with Gasteiger partial charge in [0.15, 0.2) is 5.82 Å². The van der Waals surface area contributed by atoms with E-state index in [0.717, 1.165) is 53.2 Å². The van der Waals surface area contributed by atoms with Gasteiger partial charge in [-0.05, 0) is 61.2 Å². The van der Waals surface area contributed by atoms with Gasteiger partial charge >= 0.3 is 5.97 Å². The van der Waals surface area contributed by atoms with Crippen LogP contribution in [0.4, 0.5) is 11.5 Å². The van der Waals surface area contributed by atoms with Crippen LogP contribution in [0.1, 0.15) is 23.2 Å². The smallest absolute Gasteiger partial charge is 0.307 e. The maximum absolute atomic E-state index is 10.8. The number of carboxylic acid groups (broad SMARTS) is 1. The molecule has 0 unspecified atom stereocenters. The van der Waals surface area contributed by atoms with Gasteiger partial charge in [-0.3, -0.25) is 4.79 Å². The predicted molar refractivity (Wildman–Crippen MR) is 106 cm³/mol. The number of hydrogen-bond acceptors (Lipinski definition) is 4. The Kier molecular flexibility index (Phi) is 4.77. The number of aryl methyl sites for hydroxylation is 1. The van der Waals surface area contributed by atoms with E-state index in [0.29, 0.717) is 10.8 Å². The fourth-order valence-corrected chi connectivity index (χ4v) is 3.41. The van der Waals surface area contributed by atoms with Gasteiger partial charge in [-0.25, -0.2) is 9.97 Å². The zero-order valence-corrected chi connectivity index (χ0v) is 15.3. The Morgan fingerprint density at radius 3 is 2.48 bits per heavy atom. The minimum absolute atomic E-state index is 0.0178. The standard InChI is InChI=1S/C21H18ClN3O2/c22-15-8-6-14(7-9-15)20-24-18-3-1-2-17(18)21(25-20)23-16-10-4-13(5-11-16)12-19(26)27/h4-11H,1-3,12H2,(H,26,27)(H,23,24,25). The minimum Gasteiger partial charge on any atom is -0.481 e. The first-order valence-electron chi connectivity index (χ1n) is 8.82. The fourth-order valence-electron chi connectivity index (χ4n) is 3.28. The first-order chi connectivity index (χ1) is 13.1. The van der Waals surface area contributed by atoms with Gasteiger partial charge in [-0.15, -0.1) is 0 Å². The van der Waals surface area contributed by atoms with Crippen molar-refractivity contribution in [1.82, 2.24) is 9.97 Å². The average Bonchev–Trinajstić information content (AvgIpc) is 3.12. The number of halogens is 1. The summed E-state index contributed by atoms with van der Waals surface area (Å²) in [7, 11) is 0. The van der Waals surface area contributed by atoms with Gasteiger partial charge in [0.2, 0.25) is 0 Å². The van der Waals surface area contributed by atoms with Crippen LogP contribution in [0.5, 0.6) is 0 Å². The molecule has 2 aromatic carbocycles. The second-order valence-corrected chi connectivity index (χ2v) is 7.01. The van der Waals surface area contributed by atoms with E-state index in [1.54, 1.807) is 0 Å². The molecule has 0 fully saturated rings. The SMILES string of the molecule is O=C(O)Cc1ccc(Nc2nc(-c3ccc(Cl)cc3)nc3c2CCC3)cc1. The van der Waals surface area contributed by atoms with E-state index in [4.69, 9.17) is 26.7 Å². The lowest BCUT2D eigenvalue weighted by Crippen LogP contribution is -2.04. The van der Waals surface area contributed by atoms with E-state index in [2.05, 4.69) is 5.32 Å². The maximum atomic E-state index is 10.8. The molecule has 1 aliphatic carbocycles. The summed E-state index contributed by atoms with van der Waals surface area (Å²) < 4.78 is 0. The highest BCUT2D eigenvalue weighted by molar-refractivity contribution is 6.30. The van der Waals surface area contributed by atoms with Crippen LogP contribution in [0.3, 0.4) is 0 Å². The summed E-state index contributed by atoms with van der Waals surface area (Å²) >= 11 is 5.99. The van der Waals surface area contributed by atoms with Crippen LogP contribution in [0.2, 0.25) is 5.02 Å². The number of benzene rings is 2. The summed E-state index contributed by atoms with van der Waals surface area (Å²) in [5.74, 6) is 0.655. The number of rotatable bonds is 5. The molecular weight excluding hydrogens is 362 g/mol. The molecule has 0 atom stereocenters. The zero-order valence-electron chi connectivity index (χ0n) is 14.6.